The molecule has 13 heteroatoms. The number of carbonyl (C=O) groups excluding carboxylic acids is 3. The Hall–Kier alpha value is -2.48. The van der Waals surface area contributed by atoms with E-state index >= 15 is 0 Å². The molecule has 2 bridgehead atoms. The molecule has 4 aliphatic rings. The summed E-state index contributed by atoms with van der Waals surface area (Å²) < 4.78 is 30.0. The molecule has 1 N–H and O–H groups in total. The van der Waals surface area contributed by atoms with E-state index in [1.807, 2.05) is 14.0 Å². The van der Waals surface area contributed by atoms with Gasteiger partial charge in [-0.15, -0.1) is 0 Å². The van der Waals surface area contributed by atoms with Crippen LogP contribution in [-0.2, 0) is 34.9 Å². The highest BCUT2D eigenvalue weighted by molar-refractivity contribution is 7.99. The number of carbonyl (C=O) groups is 3. The van der Waals surface area contributed by atoms with Crippen molar-refractivity contribution in [2.24, 2.45) is 17.3 Å². The van der Waals surface area contributed by atoms with Crippen LogP contribution < -0.4 is 14.9 Å². The fourth-order valence-corrected chi connectivity index (χ4v) is 7.04. The van der Waals surface area contributed by atoms with E-state index in [-0.39, 0.29) is 53.3 Å². The van der Waals surface area contributed by atoms with E-state index in [0.717, 1.165) is 19.3 Å². The van der Waals surface area contributed by atoms with Crippen molar-refractivity contribution in [2.45, 2.75) is 104 Å². The number of esters is 1. The molecule has 3 saturated carbocycles. The summed E-state index contributed by atoms with van der Waals surface area (Å²) in [6.07, 6.45) is 4.45. The molecule has 1 aromatic rings. The molecule has 250 valence electrons. The van der Waals surface area contributed by atoms with Crippen LogP contribution in [0.2, 0.25) is 0 Å². The molecule has 1 unspecified atom stereocenters. The maximum Gasteiger partial charge on any atom is 0.514 e. The number of hydrogen-bond donors (Lipinski definition) is 1. The minimum Gasteiger partial charge on any atom is -0.462 e. The summed E-state index contributed by atoms with van der Waals surface area (Å²) in [4.78, 5) is 48.9. The predicted octanol–water partition coefficient (Wildman–Crippen LogP) is 5.56. The van der Waals surface area contributed by atoms with Crippen molar-refractivity contribution in [1.82, 2.24) is 5.32 Å². The molecular formula is C32H48BNO10S. The highest BCUT2D eigenvalue weighted by Crippen LogP contribution is 2.65. The Balaban J connectivity index is 1.68. The Morgan fingerprint density at radius 3 is 2.53 bits per heavy atom. The van der Waals surface area contributed by atoms with Crippen LogP contribution in [0, 0.1) is 17.3 Å². The molecule has 3 aliphatic carbocycles. The van der Waals surface area contributed by atoms with Crippen LogP contribution in [0.4, 0.5) is 4.79 Å². The molecule has 1 aromatic carbocycles. The normalized spacial score (nSPS) is 25.4. The van der Waals surface area contributed by atoms with Crippen LogP contribution in [0.15, 0.2) is 12.1 Å². The van der Waals surface area contributed by atoms with E-state index < -0.39 is 36.4 Å². The van der Waals surface area contributed by atoms with Gasteiger partial charge in [0.2, 0.25) is 0 Å². The second kappa shape index (κ2) is 14.1. The fraction of sp³-hybridized carbons (Fsp3) is 0.719. The van der Waals surface area contributed by atoms with E-state index in [1.54, 1.807) is 33.1 Å². The third kappa shape index (κ3) is 7.74. The van der Waals surface area contributed by atoms with E-state index in [2.05, 4.69) is 26.1 Å². The lowest BCUT2D eigenvalue weighted by molar-refractivity contribution is -0.210. The lowest BCUT2D eigenvalue weighted by Crippen LogP contribution is -2.65. The molecule has 0 amide bonds. The third-order valence-corrected chi connectivity index (χ3v) is 9.83. The molecule has 0 spiro atoms. The zero-order chi connectivity index (χ0) is 33.2. The lowest BCUT2D eigenvalue weighted by Gasteiger charge is -2.64. The molecule has 1 saturated heterocycles. The van der Waals surface area contributed by atoms with Crippen molar-refractivity contribution in [2.75, 3.05) is 25.7 Å². The summed E-state index contributed by atoms with van der Waals surface area (Å²) >= 11 is 1.26. The highest BCUT2D eigenvalue weighted by atomic mass is 32.2. The van der Waals surface area contributed by atoms with Gasteiger partial charge in [0, 0.05) is 5.94 Å². The zero-order valence-corrected chi connectivity index (χ0v) is 28.8. The van der Waals surface area contributed by atoms with Crippen LogP contribution in [0.5, 0.6) is 11.5 Å². The SMILES string of the molecule is CCCCOC(=O)c1c(OOC(=O)CSC)ccc(C[C@H](NC)B2OC3C[C@@H]4C[C@@H](C4(C)C)[C@]3(C)O2)c1OC(=O)OC(C)(C)C. The summed E-state index contributed by atoms with van der Waals surface area (Å²) in [6.45, 7) is 14.0. The van der Waals surface area contributed by atoms with Gasteiger partial charge < -0.3 is 28.8 Å². The number of likely N-dealkylation sites (N-methyl/N-ethyl adjacent to an activating group) is 1. The van der Waals surface area contributed by atoms with Crippen molar-refractivity contribution in [3.05, 3.63) is 23.3 Å². The molecule has 5 atom stereocenters. The second-order valence-corrected chi connectivity index (χ2v) is 14.8. The fourth-order valence-electron chi connectivity index (χ4n) is 6.76. The molecular weight excluding hydrogens is 601 g/mol. The Bertz CT molecular complexity index is 1250. The summed E-state index contributed by atoms with van der Waals surface area (Å²) in [5, 5.41) is 3.31. The first kappa shape index (κ1) is 35.4. The Morgan fingerprint density at radius 2 is 1.91 bits per heavy atom. The monoisotopic (exact) mass is 649 g/mol. The van der Waals surface area contributed by atoms with Crippen molar-refractivity contribution < 1.29 is 47.7 Å². The van der Waals surface area contributed by atoms with Crippen LogP contribution in [0.25, 0.3) is 0 Å². The van der Waals surface area contributed by atoms with Gasteiger partial charge in [0.1, 0.15) is 11.2 Å². The first-order valence-corrected chi connectivity index (χ1v) is 17.1. The van der Waals surface area contributed by atoms with Gasteiger partial charge in [-0.05, 0) is 95.6 Å². The first-order valence-electron chi connectivity index (χ1n) is 15.7. The Labute approximate surface area is 271 Å². The average Bonchev–Trinajstić information content (AvgIpc) is 3.31. The molecule has 11 nitrogen and oxygen atoms in total. The number of ether oxygens (including phenoxy) is 3. The maximum atomic E-state index is 13.5. The standard InChI is InChI=1S/C32H48BNO10S/c1-10-11-14-38-28(36)26-21(42-43-25(35)18-45-9)13-12-19(27(26)39-29(37)40-30(2,3)4)15-24(34-8)33-41-23-17-20-16-22(31(20,5)6)32(23,7)44-33/h12-13,20,22-24,34H,10-11,14-18H2,1-9H3/t20-,22-,23?,24-,32-/m0/s1. The molecule has 0 radical (unpaired) electrons. The molecule has 1 heterocycles. The van der Waals surface area contributed by atoms with Crippen LogP contribution in [0.3, 0.4) is 0 Å². The topological polar surface area (TPSA) is 128 Å². The van der Waals surface area contributed by atoms with Gasteiger partial charge in [-0.25, -0.2) is 19.3 Å². The van der Waals surface area contributed by atoms with Gasteiger partial charge in [0.05, 0.1) is 24.1 Å². The highest BCUT2D eigenvalue weighted by Gasteiger charge is 2.68. The molecule has 45 heavy (non-hydrogen) atoms. The average molecular weight is 650 g/mol. The lowest BCUT2D eigenvalue weighted by atomic mass is 9.43. The third-order valence-electron chi connectivity index (χ3n) is 9.31. The van der Waals surface area contributed by atoms with Gasteiger partial charge in [-0.1, -0.05) is 33.3 Å². The number of hydrogen-bond acceptors (Lipinski definition) is 12. The van der Waals surface area contributed by atoms with Crippen LogP contribution in [-0.4, -0.2) is 74.1 Å². The minimum absolute atomic E-state index is 0.0246. The number of benzene rings is 1. The van der Waals surface area contributed by atoms with Gasteiger partial charge in [-0.3, -0.25) is 4.89 Å². The van der Waals surface area contributed by atoms with Crippen molar-refractivity contribution in [3.8, 4) is 11.5 Å². The summed E-state index contributed by atoms with van der Waals surface area (Å²) in [5.74, 6) is -1.04. The van der Waals surface area contributed by atoms with Gasteiger partial charge in [0.15, 0.2) is 11.5 Å². The van der Waals surface area contributed by atoms with Crippen molar-refractivity contribution in [3.63, 3.8) is 0 Å². The largest absolute Gasteiger partial charge is 0.514 e. The minimum atomic E-state index is -1.02. The van der Waals surface area contributed by atoms with Crippen LogP contribution >= 0.6 is 11.8 Å². The summed E-state index contributed by atoms with van der Waals surface area (Å²) in [7, 11) is 1.22. The molecule has 5 rings (SSSR count). The first-order chi connectivity index (χ1) is 21.1. The molecule has 4 fully saturated rings. The number of rotatable bonds is 13. The maximum absolute atomic E-state index is 13.5. The van der Waals surface area contributed by atoms with Crippen molar-refractivity contribution >= 4 is 37.0 Å². The van der Waals surface area contributed by atoms with Crippen molar-refractivity contribution in [1.29, 1.82) is 0 Å². The Kier molecular flexibility index (Phi) is 11.1. The molecule has 1 aliphatic heterocycles. The second-order valence-electron chi connectivity index (χ2n) is 13.9. The van der Waals surface area contributed by atoms with Gasteiger partial charge in [0.25, 0.3) is 0 Å². The number of nitrogens with one attached hydrogen (secondary N) is 1. The smallest absolute Gasteiger partial charge is 0.462 e. The number of unbranched alkanes of at least 4 members (excludes halogenated alkanes) is 1. The van der Waals surface area contributed by atoms with E-state index in [9.17, 15) is 14.4 Å². The van der Waals surface area contributed by atoms with E-state index in [4.69, 9.17) is 33.3 Å². The van der Waals surface area contributed by atoms with Gasteiger partial charge in [-0.2, -0.15) is 11.8 Å². The summed E-state index contributed by atoms with van der Waals surface area (Å²) in [6, 6.07) is 3.13. The van der Waals surface area contributed by atoms with Crippen LogP contribution in [0.1, 0.15) is 90.1 Å². The van der Waals surface area contributed by atoms with E-state index in [0.29, 0.717) is 23.8 Å². The van der Waals surface area contributed by atoms with Gasteiger partial charge >= 0.3 is 25.2 Å². The molecule has 0 aromatic heterocycles. The predicted molar refractivity (Wildman–Crippen MR) is 170 cm³/mol. The number of thioether (sulfide) groups is 1. The zero-order valence-electron chi connectivity index (χ0n) is 28.0. The quantitative estimate of drug-likeness (QED) is 0.0718. The van der Waals surface area contributed by atoms with E-state index in [1.165, 1.54) is 17.8 Å². The summed E-state index contributed by atoms with van der Waals surface area (Å²) in [5.41, 5.74) is -0.810. The Morgan fingerprint density at radius 1 is 1.18 bits per heavy atom.